The number of thioether (sulfide) groups is 2. The number of rotatable bonds is 7. The number of nitrogens with zero attached hydrogens (tertiary/aromatic N) is 1. The van der Waals surface area contributed by atoms with Gasteiger partial charge in [0, 0.05) is 27.2 Å². The van der Waals surface area contributed by atoms with Gasteiger partial charge in [-0.15, -0.1) is 23.5 Å². The lowest BCUT2D eigenvalue weighted by Gasteiger charge is -2.53. The highest BCUT2D eigenvalue weighted by molar-refractivity contribution is 8.05. The molecule has 2 N–H and O–H groups in total. The van der Waals surface area contributed by atoms with Crippen molar-refractivity contribution >= 4 is 76.1 Å². The third-order valence-electron chi connectivity index (χ3n) is 5.14. The summed E-state index contributed by atoms with van der Waals surface area (Å²) in [4.78, 5) is 39.2. The van der Waals surface area contributed by atoms with Crippen LogP contribution < -0.4 is 10.1 Å². The molecule has 2 saturated heterocycles. The summed E-state index contributed by atoms with van der Waals surface area (Å²) >= 11 is 20.5. The second-order valence-corrected chi connectivity index (χ2v) is 11.2. The zero-order chi connectivity index (χ0) is 23.8. The summed E-state index contributed by atoms with van der Waals surface area (Å²) < 4.78 is 4.11. The van der Waals surface area contributed by atoms with Gasteiger partial charge in [0.25, 0.3) is 5.91 Å². The number of fused-ring (bicyclic) bond motifs is 1. The molecule has 2 aliphatic heterocycles. The molecule has 4 rings (SSSR count). The molecule has 2 aliphatic rings. The second-order valence-electron chi connectivity index (χ2n) is 7.43. The number of halogens is 3. The molecule has 3 atom stereocenters. The molecule has 2 amide bonds. The van der Waals surface area contributed by atoms with E-state index in [1.54, 1.807) is 42.5 Å². The van der Waals surface area contributed by atoms with Crippen molar-refractivity contribution < 1.29 is 24.2 Å². The molecule has 2 aromatic rings. The number of amides is 2. The fourth-order valence-electron chi connectivity index (χ4n) is 3.45. The molecule has 0 spiro atoms. The van der Waals surface area contributed by atoms with Gasteiger partial charge in [0.05, 0.1) is 5.02 Å². The molecule has 0 aromatic heterocycles. The number of carbonyl (C=O) groups is 3. The zero-order valence-corrected chi connectivity index (χ0v) is 20.7. The van der Waals surface area contributed by atoms with Gasteiger partial charge < -0.3 is 20.1 Å². The van der Waals surface area contributed by atoms with Crippen molar-refractivity contribution in [2.45, 2.75) is 21.1 Å². The molecule has 0 aliphatic carbocycles. The molecule has 2 heterocycles. The van der Waals surface area contributed by atoms with Gasteiger partial charge in [-0.2, -0.15) is 0 Å². The Morgan fingerprint density at radius 3 is 2.58 bits per heavy atom. The molecule has 0 bridgehead atoms. The van der Waals surface area contributed by atoms with E-state index in [0.717, 1.165) is 11.8 Å². The normalized spacial score (nSPS) is 24.0. The van der Waals surface area contributed by atoms with Crippen LogP contribution in [-0.2, 0) is 14.4 Å². The van der Waals surface area contributed by atoms with Gasteiger partial charge >= 0.3 is 5.97 Å². The van der Waals surface area contributed by atoms with Gasteiger partial charge in [0.1, 0.15) is 21.9 Å². The van der Waals surface area contributed by atoms with Crippen LogP contribution in [-0.4, -0.2) is 62.9 Å². The largest absolute Gasteiger partial charge is 0.484 e. The number of carboxylic acid groups (broad SMARTS) is 1. The maximum atomic E-state index is 12.7. The fourth-order valence-corrected chi connectivity index (χ4v) is 6.94. The monoisotopic (exact) mass is 546 g/mol. The number of hydrogen-bond donors (Lipinski definition) is 2. The minimum Gasteiger partial charge on any atom is -0.484 e. The van der Waals surface area contributed by atoms with Crippen LogP contribution in [0.25, 0.3) is 0 Å². The molecule has 174 valence electrons. The van der Waals surface area contributed by atoms with Crippen LogP contribution in [0.15, 0.2) is 47.4 Å². The van der Waals surface area contributed by atoms with Crippen LogP contribution in [0.4, 0.5) is 0 Å². The van der Waals surface area contributed by atoms with Gasteiger partial charge in [-0.3, -0.25) is 14.4 Å². The van der Waals surface area contributed by atoms with E-state index >= 15 is 0 Å². The summed E-state index contributed by atoms with van der Waals surface area (Å²) in [6.45, 7) is -0.273. The lowest BCUT2D eigenvalue weighted by Crippen LogP contribution is -2.74. The molecular formula is C21H17Cl3N2O5S2. The first-order valence-electron chi connectivity index (χ1n) is 9.66. The van der Waals surface area contributed by atoms with Crippen molar-refractivity contribution in [3.8, 4) is 5.75 Å². The van der Waals surface area contributed by atoms with Gasteiger partial charge in [-0.1, -0.05) is 34.8 Å². The van der Waals surface area contributed by atoms with Gasteiger partial charge in [-0.25, -0.2) is 0 Å². The van der Waals surface area contributed by atoms with Crippen LogP contribution >= 0.6 is 58.3 Å². The average Bonchev–Trinajstić information content (AvgIpc) is 2.79. The maximum absolute atomic E-state index is 12.7. The standard InChI is InChI=1S/C21H17Cl3N2O5S2/c22-11-1-4-13(5-2-11)31-8-16(27)25-17-18(28)26-9-21(20(29)30,10-32-19(17)26)33-15-7-12(23)3-6-14(15)24/h1-7,17,19H,8-10H2,(H,25,27)(H,29,30)/t17-,19-,21?/m1/s1. The SMILES string of the molecule is O=C(COc1ccc(Cl)cc1)N[C@@H]1C(=O)N2CC(Sc3cc(Cl)ccc3Cl)(C(=O)O)CS[C@H]12. The molecular weight excluding hydrogens is 531 g/mol. The van der Waals surface area contributed by atoms with Crippen LogP contribution in [0.2, 0.25) is 15.1 Å². The minimum atomic E-state index is -1.29. The van der Waals surface area contributed by atoms with E-state index in [4.69, 9.17) is 39.5 Å². The third kappa shape index (κ3) is 5.17. The van der Waals surface area contributed by atoms with Gasteiger partial charge in [0.15, 0.2) is 6.61 Å². The summed E-state index contributed by atoms with van der Waals surface area (Å²) in [6, 6.07) is 10.7. The predicted molar refractivity (Wildman–Crippen MR) is 130 cm³/mol. The molecule has 33 heavy (non-hydrogen) atoms. The fraction of sp³-hybridized carbons (Fsp3) is 0.286. The van der Waals surface area contributed by atoms with Crippen LogP contribution in [0.1, 0.15) is 0 Å². The van der Waals surface area contributed by atoms with E-state index < -0.39 is 22.7 Å². The Morgan fingerprint density at radius 2 is 1.88 bits per heavy atom. The van der Waals surface area contributed by atoms with Crippen molar-refractivity contribution in [1.29, 1.82) is 0 Å². The molecule has 0 saturated carbocycles. The van der Waals surface area contributed by atoms with Gasteiger partial charge in [0.2, 0.25) is 5.91 Å². The van der Waals surface area contributed by atoms with Crippen LogP contribution in [0.3, 0.4) is 0 Å². The number of β-lactam (4-membered cyclic amide) rings is 1. The quantitative estimate of drug-likeness (QED) is 0.505. The molecule has 1 unspecified atom stereocenters. The number of benzene rings is 2. The molecule has 2 aromatic carbocycles. The third-order valence-corrected chi connectivity index (χ3v) is 9.18. The highest BCUT2D eigenvalue weighted by Crippen LogP contribution is 2.48. The molecule has 12 heteroatoms. The number of carbonyl (C=O) groups excluding carboxylic acids is 2. The lowest BCUT2D eigenvalue weighted by atomic mass is 10.0. The first-order chi connectivity index (χ1) is 15.7. The van der Waals surface area contributed by atoms with Crippen molar-refractivity contribution in [1.82, 2.24) is 10.2 Å². The Labute approximate surface area is 213 Å². The number of nitrogens with one attached hydrogen (secondary N) is 1. The maximum Gasteiger partial charge on any atom is 0.322 e. The zero-order valence-electron chi connectivity index (χ0n) is 16.8. The van der Waals surface area contributed by atoms with Crippen molar-refractivity contribution in [3.63, 3.8) is 0 Å². The average molecular weight is 548 g/mol. The van der Waals surface area contributed by atoms with E-state index in [9.17, 15) is 19.5 Å². The Balaban J connectivity index is 1.38. The summed E-state index contributed by atoms with van der Waals surface area (Å²) in [5, 5.41) is 13.7. The number of carboxylic acids is 1. The van der Waals surface area contributed by atoms with Crippen LogP contribution in [0.5, 0.6) is 5.75 Å². The number of ether oxygens (including phenoxy) is 1. The summed E-state index contributed by atoms with van der Waals surface area (Å²) in [5.41, 5.74) is 0. The van der Waals surface area contributed by atoms with E-state index in [0.29, 0.717) is 25.7 Å². The molecule has 7 nitrogen and oxygen atoms in total. The Kier molecular flexibility index (Phi) is 7.26. The molecule has 2 fully saturated rings. The van der Waals surface area contributed by atoms with E-state index in [2.05, 4.69) is 5.32 Å². The second kappa shape index (κ2) is 9.84. The van der Waals surface area contributed by atoms with E-state index in [1.165, 1.54) is 16.7 Å². The van der Waals surface area contributed by atoms with E-state index in [-0.39, 0.29) is 30.2 Å². The lowest BCUT2D eigenvalue weighted by molar-refractivity contribution is -0.152. The van der Waals surface area contributed by atoms with Crippen LogP contribution in [0, 0.1) is 0 Å². The number of aliphatic carboxylic acids is 1. The summed E-state index contributed by atoms with van der Waals surface area (Å²) in [6.07, 6.45) is 0. The Morgan fingerprint density at radius 1 is 1.18 bits per heavy atom. The van der Waals surface area contributed by atoms with Crippen molar-refractivity contribution in [3.05, 3.63) is 57.5 Å². The first-order valence-corrected chi connectivity index (χ1v) is 12.7. The smallest absolute Gasteiger partial charge is 0.322 e. The summed E-state index contributed by atoms with van der Waals surface area (Å²) in [7, 11) is 0. The highest BCUT2D eigenvalue weighted by Gasteiger charge is 2.58. The predicted octanol–water partition coefficient (Wildman–Crippen LogP) is 4.04. The highest BCUT2D eigenvalue weighted by atomic mass is 35.5. The van der Waals surface area contributed by atoms with Crippen molar-refractivity contribution in [2.24, 2.45) is 0 Å². The number of hydrogen-bond acceptors (Lipinski definition) is 6. The van der Waals surface area contributed by atoms with E-state index in [1.807, 2.05) is 0 Å². The summed E-state index contributed by atoms with van der Waals surface area (Å²) in [5.74, 6) is -1.14. The molecule has 0 radical (unpaired) electrons. The van der Waals surface area contributed by atoms with Gasteiger partial charge in [-0.05, 0) is 42.5 Å². The topological polar surface area (TPSA) is 95.9 Å². The first kappa shape index (κ1) is 24.3. The minimum absolute atomic E-state index is 0.0139. The van der Waals surface area contributed by atoms with Crippen molar-refractivity contribution in [2.75, 3.05) is 18.9 Å². The Bertz CT molecular complexity index is 1100. The Hall–Kier alpha value is -1.78.